The smallest absolute Gasteiger partial charge is 0.283 e. The SMILES string of the molecule is COc1cc(OC)c(/C=N/NC(=O)c2sc3ccccc3c2Cl)cc1Br. The van der Waals surface area contributed by atoms with Crippen LogP contribution in [0.4, 0.5) is 0 Å². The van der Waals surface area contributed by atoms with Crippen molar-refractivity contribution in [2.24, 2.45) is 5.10 Å². The molecular formula is C18H14BrClN2O3S. The zero-order valence-corrected chi connectivity index (χ0v) is 17.0. The summed E-state index contributed by atoms with van der Waals surface area (Å²) in [6.45, 7) is 0. The maximum atomic E-state index is 12.4. The molecule has 0 saturated heterocycles. The number of benzene rings is 2. The average Bonchev–Trinajstić information content (AvgIpc) is 2.99. The number of ether oxygens (including phenoxy) is 2. The van der Waals surface area contributed by atoms with Gasteiger partial charge in [0.2, 0.25) is 0 Å². The Balaban J connectivity index is 1.81. The number of nitrogens with one attached hydrogen (secondary N) is 1. The van der Waals surface area contributed by atoms with Gasteiger partial charge < -0.3 is 9.47 Å². The number of thiophene rings is 1. The maximum Gasteiger partial charge on any atom is 0.283 e. The number of fused-ring (bicyclic) bond motifs is 1. The van der Waals surface area contributed by atoms with Gasteiger partial charge in [-0.15, -0.1) is 11.3 Å². The summed E-state index contributed by atoms with van der Waals surface area (Å²) in [5, 5.41) is 5.31. The fraction of sp³-hybridized carbons (Fsp3) is 0.111. The number of amides is 1. The third-order valence-electron chi connectivity index (χ3n) is 3.62. The maximum absolute atomic E-state index is 12.4. The summed E-state index contributed by atoms with van der Waals surface area (Å²) in [5.74, 6) is 0.849. The molecule has 0 aliphatic carbocycles. The van der Waals surface area contributed by atoms with Crippen LogP contribution < -0.4 is 14.9 Å². The number of carbonyl (C=O) groups is 1. The van der Waals surface area contributed by atoms with Crippen LogP contribution in [0, 0.1) is 0 Å². The lowest BCUT2D eigenvalue weighted by atomic mass is 10.2. The number of halogens is 2. The molecule has 0 bridgehead atoms. The van der Waals surface area contributed by atoms with E-state index in [1.165, 1.54) is 17.6 Å². The van der Waals surface area contributed by atoms with Gasteiger partial charge in [0.1, 0.15) is 16.4 Å². The number of hydrazone groups is 1. The molecule has 0 fully saturated rings. The highest BCUT2D eigenvalue weighted by Gasteiger charge is 2.16. The van der Waals surface area contributed by atoms with Crippen molar-refractivity contribution in [3.8, 4) is 11.5 Å². The molecule has 26 heavy (non-hydrogen) atoms. The minimum Gasteiger partial charge on any atom is -0.496 e. The van der Waals surface area contributed by atoms with E-state index in [1.54, 1.807) is 26.4 Å². The Morgan fingerprint density at radius 3 is 2.65 bits per heavy atom. The first-order chi connectivity index (χ1) is 12.5. The van der Waals surface area contributed by atoms with Crippen LogP contribution in [0.25, 0.3) is 10.1 Å². The molecule has 1 heterocycles. The van der Waals surface area contributed by atoms with Crippen molar-refractivity contribution in [3.05, 3.63) is 56.3 Å². The quantitative estimate of drug-likeness (QED) is 0.432. The molecule has 0 aliphatic heterocycles. The van der Waals surface area contributed by atoms with E-state index in [4.69, 9.17) is 21.1 Å². The molecule has 2 aromatic carbocycles. The third kappa shape index (κ3) is 3.70. The Bertz CT molecular complexity index is 1000. The van der Waals surface area contributed by atoms with E-state index in [9.17, 15) is 4.79 Å². The van der Waals surface area contributed by atoms with Gasteiger partial charge in [-0.25, -0.2) is 5.43 Å². The second kappa shape index (κ2) is 8.07. The second-order valence-corrected chi connectivity index (χ2v) is 7.45. The monoisotopic (exact) mass is 452 g/mol. The highest BCUT2D eigenvalue weighted by atomic mass is 79.9. The Kier molecular flexibility index (Phi) is 5.80. The zero-order chi connectivity index (χ0) is 18.7. The number of hydrogen-bond donors (Lipinski definition) is 1. The molecule has 1 aromatic heterocycles. The Morgan fingerprint density at radius 2 is 1.96 bits per heavy atom. The molecule has 8 heteroatoms. The third-order valence-corrected chi connectivity index (χ3v) is 5.91. The minimum atomic E-state index is -0.362. The summed E-state index contributed by atoms with van der Waals surface area (Å²) in [4.78, 5) is 12.8. The first-order valence-corrected chi connectivity index (χ1v) is 9.46. The van der Waals surface area contributed by atoms with Crippen molar-refractivity contribution in [3.63, 3.8) is 0 Å². The van der Waals surface area contributed by atoms with Gasteiger partial charge in [-0.3, -0.25) is 4.79 Å². The molecule has 0 unspecified atom stereocenters. The molecule has 0 spiro atoms. The van der Waals surface area contributed by atoms with Gasteiger partial charge in [-0.2, -0.15) is 5.10 Å². The van der Waals surface area contributed by atoms with Gasteiger partial charge >= 0.3 is 0 Å². The second-order valence-electron chi connectivity index (χ2n) is 5.17. The molecule has 0 atom stereocenters. The number of hydrogen-bond acceptors (Lipinski definition) is 5. The number of rotatable bonds is 5. The van der Waals surface area contributed by atoms with E-state index in [0.29, 0.717) is 27.0 Å². The summed E-state index contributed by atoms with van der Waals surface area (Å²) in [7, 11) is 3.12. The fourth-order valence-corrected chi connectivity index (χ4v) is 4.29. The number of nitrogens with zero attached hydrogens (tertiary/aromatic N) is 1. The number of methoxy groups -OCH3 is 2. The molecule has 3 aromatic rings. The van der Waals surface area contributed by atoms with Crippen molar-refractivity contribution < 1.29 is 14.3 Å². The topological polar surface area (TPSA) is 59.9 Å². The lowest BCUT2D eigenvalue weighted by Gasteiger charge is -2.09. The number of carbonyl (C=O) groups excluding carboxylic acids is 1. The summed E-state index contributed by atoms with van der Waals surface area (Å²) in [6.07, 6.45) is 1.50. The Hall–Kier alpha value is -2.09. The van der Waals surface area contributed by atoms with Crippen molar-refractivity contribution in [2.75, 3.05) is 14.2 Å². The van der Waals surface area contributed by atoms with Gasteiger partial charge in [0.15, 0.2) is 0 Å². The van der Waals surface area contributed by atoms with E-state index in [1.807, 2.05) is 24.3 Å². The summed E-state index contributed by atoms with van der Waals surface area (Å²) in [5.41, 5.74) is 3.19. The van der Waals surface area contributed by atoms with Crippen LogP contribution in [0.15, 0.2) is 46.0 Å². The van der Waals surface area contributed by atoms with Crippen molar-refractivity contribution in [1.82, 2.24) is 5.43 Å². The molecule has 1 N–H and O–H groups in total. The van der Waals surface area contributed by atoms with Crippen molar-refractivity contribution in [1.29, 1.82) is 0 Å². The molecule has 3 rings (SSSR count). The van der Waals surface area contributed by atoms with Crippen LogP contribution in [0.5, 0.6) is 11.5 Å². The fourth-order valence-electron chi connectivity index (χ4n) is 2.36. The lowest BCUT2D eigenvalue weighted by molar-refractivity contribution is 0.0959. The average molecular weight is 454 g/mol. The summed E-state index contributed by atoms with van der Waals surface area (Å²) < 4.78 is 12.3. The van der Waals surface area contributed by atoms with E-state index in [0.717, 1.165) is 14.6 Å². The van der Waals surface area contributed by atoms with Crippen LogP contribution in [0.3, 0.4) is 0 Å². The van der Waals surface area contributed by atoms with E-state index < -0.39 is 0 Å². The van der Waals surface area contributed by atoms with E-state index >= 15 is 0 Å². The van der Waals surface area contributed by atoms with Gasteiger partial charge in [-0.1, -0.05) is 29.8 Å². The molecule has 0 radical (unpaired) electrons. The van der Waals surface area contributed by atoms with Crippen LogP contribution in [-0.2, 0) is 0 Å². The summed E-state index contributed by atoms with van der Waals surface area (Å²) >= 11 is 11.0. The zero-order valence-electron chi connectivity index (χ0n) is 13.9. The minimum absolute atomic E-state index is 0.362. The molecule has 134 valence electrons. The normalized spacial score (nSPS) is 11.1. The van der Waals surface area contributed by atoms with Gasteiger partial charge in [0.05, 0.1) is 29.9 Å². The predicted octanol–water partition coefficient (Wildman–Crippen LogP) is 5.10. The molecule has 1 amide bonds. The van der Waals surface area contributed by atoms with Crippen molar-refractivity contribution >= 4 is 61.1 Å². The lowest BCUT2D eigenvalue weighted by Crippen LogP contribution is -2.16. The van der Waals surface area contributed by atoms with Crippen LogP contribution in [0.1, 0.15) is 15.2 Å². The van der Waals surface area contributed by atoms with Gasteiger partial charge in [0, 0.05) is 21.7 Å². The summed E-state index contributed by atoms with van der Waals surface area (Å²) in [6, 6.07) is 11.1. The van der Waals surface area contributed by atoms with Crippen LogP contribution in [-0.4, -0.2) is 26.3 Å². The molecule has 5 nitrogen and oxygen atoms in total. The molecule has 0 saturated carbocycles. The van der Waals surface area contributed by atoms with Crippen molar-refractivity contribution in [2.45, 2.75) is 0 Å². The van der Waals surface area contributed by atoms with Gasteiger partial charge in [0.25, 0.3) is 5.91 Å². The van der Waals surface area contributed by atoms with Crippen LogP contribution in [0.2, 0.25) is 5.02 Å². The largest absolute Gasteiger partial charge is 0.496 e. The van der Waals surface area contributed by atoms with E-state index in [-0.39, 0.29) is 5.91 Å². The van der Waals surface area contributed by atoms with Crippen LogP contribution >= 0.6 is 38.9 Å². The predicted molar refractivity (Wildman–Crippen MR) is 109 cm³/mol. The van der Waals surface area contributed by atoms with E-state index in [2.05, 4.69) is 26.5 Å². The molecular weight excluding hydrogens is 440 g/mol. The highest BCUT2D eigenvalue weighted by molar-refractivity contribution is 9.10. The standard InChI is InChI=1S/C18H14BrClN2O3S/c1-24-13-8-14(25-2)12(19)7-10(13)9-21-22-18(23)17-16(20)11-5-3-4-6-15(11)26-17/h3-9H,1-2H3,(H,22,23)/b21-9+. The first-order valence-electron chi connectivity index (χ1n) is 7.47. The Morgan fingerprint density at radius 1 is 1.23 bits per heavy atom. The Labute approximate surface area is 167 Å². The molecule has 0 aliphatic rings. The highest BCUT2D eigenvalue weighted by Crippen LogP contribution is 2.35. The van der Waals surface area contributed by atoms with Gasteiger partial charge in [-0.05, 0) is 28.1 Å². The first kappa shape index (κ1) is 18.7.